The Hall–Kier alpha value is -4.21. The van der Waals surface area contributed by atoms with E-state index in [0.717, 1.165) is 36.6 Å². The van der Waals surface area contributed by atoms with Crippen LogP contribution in [-0.4, -0.2) is 47.0 Å². The van der Waals surface area contributed by atoms with E-state index in [2.05, 4.69) is 25.6 Å². The number of nitrogens with one attached hydrogen (secondary N) is 2. The van der Waals surface area contributed by atoms with Gasteiger partial charge in [0.15, 0.2) is 5.96 Å². The number of rotatable bonds is 6. The van der Waals surface area contributed by atoms with Gasteiger partial charge in [0.2, 0.25) is 5.95 Å². The Balaban J connectivity index is 1.63. The number of aryl methyl sites for hydroxylation is 1. The molecule has 1 aliphatic rings. The Morgan fingerprint density at radius 1 is 1.03 bits per heavy atom. The molecule has 0 aliphatic heterocycles. The number of anilines is 2. The number of carbonyl (C=O) groups is 2. The number of hydrogen-bond acceptors (Lipinski definition) is 7. The van der Waals surface area contributed by atoms with Crippen LogP contribution in [0.3, 0.4) is 0 Å². The van der Waals surface area contributed by atoms with Gasteiger partial charge in [-0.05, 0) is 56.2 Å². The second kappa shape index (κ2) is 10.4. The highest BCUT2D eigenvalue weighted by Crippen LogP contribution is 2.29. The molecule has 10 heteroatoms. The summed E-state index contributed by atoms with van der Waals surface area (Å²) in [6.07, 6.45) is 3.89. The molecule has 1 fully saturated rings. The maximum Gasteiger partial charge on any atom is 0.337 e. The van der Waals surface area contributed by atoms with Gasteiger partial charge in [-0.2, -0.15) is 4.98 Å². The summed E-state index contributed by atoms with van der Waals surface area (Å²) in [7, 11) is 1.31. The summed E-state index contributed by atoms with van der Waals surface area (Å²) in [4.78, 5) is 38.1. The van der Waals surface area contributed by atoms with Crippen molar-refractivity contribution in [2.75, 3.05) is 17.7 Å². The monoisotopic (exact) mass is 475 g/mol. The summed E-state index contributed by atoms with van der Waals surface area (Å²) in [5.74, 6) is -0.0199. The third kappa shape index (κ3) is 5.65. The first-order valence-corrected chi connectivity index (χ1v) is 11.5. The van der Waals surface area contributed by atoms with Crippen LogP contribution in [0.1, 0.15) is 52.0 Å². The van der Waals surface area contributed by atoms with Crippen LogP contribution in [0.15, 0.2) is 47.5 Å². The van der Waals surface area contributed by atoms with E-state index < -0.39 is 11.9 Å². The van der Waals surface area contributed by atoms with E-state index in [4.69, 9.17) is 16.2 Å². The second-order valence-electron chi connectivity index (χ2n) is 8.60. The van der Waals surface area contributed by atoms with Gasteiger partial charge in [0.05, 0.1) is 30.3 Å². The van der Waals surface area contributed by atoms with Gasteiger partial charge < -0.3 is 21.5 Å². The summed E-state index contributed by atoms with van der Waals surface area (Å²) >= 11 is 0. The second-order valence-corrected chi connectivity index (χ2v) is 8.60. The number of esters is 1. The third-order valence-electron chi connectivity index (χ3n) is 6.01. The maximum absolute atomic E-state index is 12.9. The van der Waals surface area contributed by atoms with E-state index in [9.17, 15) is 9.59 Å². The topological polar surface area (TPSA) is 158 Å². The van der Waals surface area contributed by atoms with Gasteiger partial charge in [0.25, 0.3) is 5.91 Å². The largest absolute Gasteiger partial charge is 0.465 e. The molecule has 6 N–H and O–H groups in total. The average Bonchev–Trinajstić information content (AvgIpc) is 2.85. The number of aromatic nitrogens is 2. The molecule has 3 aromatic rings. The van der Waals surface area contributed by atoms with Crippen molar-refractivity contribution < 1.29 is 14.3 Å². The van der Waals surface area contributed by atoms with Crippen molar-refractivity contribution in [1.29, 1.82) is 0 Å². The fourth-order valence-electron chi connectivity index (χ4n) is 4.26. The van der Waals surface area contributed by atoms with Crippen LogP contribution in [0.2, 0.25) is 0 Å². The van der Waals surface area contributed by atoms with Crippen molar-refractivity contribution >= 4 is 40.5 Å². The highest BCUT2D eigenvalue weighted by atomic mass is 16.5. The number of methoxy groups -OCH3 is 1. The van der Waals surface area contributed by atoms with Gasteiger partial charge in [0.1, 0.15) is 5.82 Å². The molecule has 10 nitrogen and oxygen atoms in total. The zero-order valence-electron chi connectivity index (χ0n) is 19.7. The summed E-state index contributed by atoms with van der Waals surface area (Å²) in [5, 5.41) is 7.12. The SMILES string of the molecule is COC(=O)c1ccc(C(=O)Nc2nc(NC3CCCCC3N=C(N)N)c3cc(C)ccc3n2)cc1. The van der Waals surface area contributed by atoms with E-state index in [1.54, 1.807) is 12.1 Å². The average molecular weight is 476 g/mol. The van der Waals surface area contributed by atoms with Crippen LogP contribution in [0.5, 0.6) is 0 Å². The van der Waals surface area contributed by atoms with Gasteiger partial charge in [-0.1, -0.05) is 24.5 Å². The van der Waals surface area contributed by atoms with E-state index in [1.807, 2.05) is 25.1 Å². The Bertz CT molecular complexity index is 1270. The van der Waals surface area contributed by atoms with Gasteiger partial charge in [-0.3, -0.25) is 10.1 Å². The predicted molar refractivity (Wildman–Crippen MR) is 135 cm³/mol. The summed E-state index contributed by atoms with van der Waals surface area (Å²) in [6.45, 7) is 2.00. The normalized spacial score (nSPS) is 17.4. The molecule has 4 rings (SSSR count). The maximum atomic E-state index is 12.9. The molecule has 2 aromatic carbocycles. The first-order chi connectivity index (χ1) is 16.8. The van der Waals surface area contributed by atoms with Crippen LogP contribution in [-0.2, 0) is 4.74 Å². The third-order valence-corrected chi connectivity index (χ3v) is 6.01. The molecule has 0 spiro atoms. The molecule has 0 radical (unpaired) electrons. The van der Waals surface area contributed by atoms with E-state index >= 15 is 0 Å². The number of fused-ring (bicyclic) bond motifs is 1. The number of hydrogen-bond donors (Lipinski definition) is 4. The lowest BCUT2D eigenvalue weighted by Crippen LogP contribution is -2.38. The fourth-order valence-corrected chi connectivity index (χ4v) is 4.26. The van der Waals surface area contributed by atoms with E-state index in [-0.39, 0.29) is 24.0 Å². The molecular weight excluding hydrogens is 446 g/mol. The van der Waals surface area contributed by atoms with Gasteiger partial charge in [-0.25, -0.2) is 14.8 Å². The lowest BCUT2D eigenvalue weighted by Gasteiger charge is -2.30. The van der Waals surface area contributed by atoms with Crippen molar-refractivity contribution in [1.82, 2.24) is 9.97 Å². The number of ether oxygens (including phenoxy) is 1. The molecule has 1 saturated carbocycles. The Morgan fingerprint density at radius 2 is 1.74 bits per heavy atom. The number of guanidine groups is 1. The van der Waals surface area contributed by atoms with E-state index in [1.165, 1.54) is 19.2 Å². The van der Waals surface area contributed by atoms with Gasteiger partial charge in [-0.15, -0.1) is 0 Å². The molecule has 2 unspecified atom stereocenters. The zero-order chi connectivity index (χ0) is 24.9. The molecule has 0 bridgehead atoms. The highest BCUT2D eigenvalue weighted by Gasteiger charge is 2.26. The van der Waals surface area contributed by atoms with Crippen LogP contribution >= 0.6 is 0 Å². The van der Waals surface area contributed by atoms with Gasteiger partial charge >= 0.3 is 5.97 Å². The van der Waals surface area contributed by atoms with Crippen LogP contribution < -0.4 is 22.1 Å². The van der Waals surface area contributed by atoms with Crippen molar-refractivity contribution in [2.24, 2.45) is 16.5 Å². The molecule has 182 valence electrons. The molecule has 0 saturated heterocycles. The minimum Gasteiger partial charge on any atom is -0.465 e. The number of nitrogens with zero attached hydrogens (tertiary/aromatic N) is 3. The summed E-state index contributed by atoms with van der Waals surface area (Å²) < 4.78 is 4.70. The molecule has 1 aliphatic carbocycles. The lowest BCUT2D eigenvalue weighted by molar-refractivity contribution is 0.0600. The summed E-state index contributed by atoms with van der Waals surface area (Å²) in [5.41, 5.74) is 13.8. The van der Waals surface area contributed by atoms with Crippen molar-refractivity contribution in [3.63, 3.8) is 0 Å². The minimum absolute atomic E-state index is 0.00104. The fraction of sp³-hybridized carbons (Fsp3) is 0.320. The number of aliphatic imine (C=N–C) groups is 1. The molecule has 1 aromatic heterocycles. The predicted octanol–water partition coefficient (Wildman–Crippen LogP) is 2.97. The van der Waals surface area contributed by atoms with Crippen molar-refractivity contribution in [3.8, 4) is 0 Å². The summed E-state index contributed by atoms with van der Waals surface area (Å²) in [6, 6.07) is 12.0. The Morgan fingerprint density at radius 3 is 2.46 bits per heavy atom. The number of amides is 1. The number of carbonyl (C=O) groups excluding carboxylic acids is 2. The first-order valence-electron chi connectivity index (χ1n) is 11.5. The minimum atomic E-state index is -0.470. The Kier molecular flexibility index (Phi) is 7.09. The van der Waals surface area contributed by atoms with Crippen molar-refractivity contribution in [2.45, 2.75) is 44.7 Å². The smallest absolute Gasteiger partial charge is 0.337 e. The molecule has 35 heavy (non-hydrogen) atoms. The van der Waals surface area contributed by atoms with Gasteiger partial charge in [0, 0.05) is 10.9 Å². The van der Waals surface area contributed by atoms with E-state index in [0.29, 0.717) is 22.5 Å². The quantitative estimate of drug-likeness (QED) is 0.241. The Labute approximate surface area is 203 Å². The van der Waals surface area contributed by atoms with Crippen LogP contribution in [0.4, 0.5) is 11.8 Å². The lowest BCUT2D eigenvalue weighted by atomic mass is 9.90. The highest BCUT2D eigenvalue weighted by molar-refractivity contribution is 6.04. The number of nitrogens with two attached hydrogens (primary N) is 2. The van der Waals surface area contributed by atoms with Crippen LogP contribution in [0.25, 0.3) is 10.9 Å². The first kappa shape index (κ1) is 23.9. The van der Waals surface area contributed by atoms with Crippen LogP contribution in [0, 0.1) is 6.92 Å². The zero-order valence-corrected chi connectivity index (χ0v) is 19.7. The number of benzene rings is 2. The molecular formula is C25H29N7O3. The molecule has 2 atom stereocenters. The standard InChI is InChI=1S/C25H29N7O3/c1-14-7-12-18-17(13-14)21(28-19-5-3-4-6-20(19)29-24(26)27)31-25(30-18)32-22(33)15-8-10-16(11-9-15)23(34)35-2/h7-13,19-20H,3-6H2,1-2H3,(H4,26,27,29)(H2,28,30,31,32,33). The molecule has 1 amide bonds. The van der Waals surface area contributed by atoms with Crippen molar-refractivity contribution in [3.05, 3.63) is 59.2 Å². The molecule has 1 heterocycles.